The summed E-state index contributed by atoms with van der Waals surface area (Å²) in [7, 11) is 1.97. The van der Waals surface area contributed by atoms with Crippen molar-refractivity contribution in [2.45, 2.75) is 25.9 Å². The van der Waals surface area contributed by atoms with Crippen molar-refractivity contribution >= 4 is 22.9 Å². The highest BCUT2D eigenvalue weighted by atomic mass is 35.5. The van der Waals surface area contributed by atoms with E-state index in [0.29, 0.717) is 12.1 Å². The van der Waals surface area contributed by atoms with Gasteiger partial charge in [-0.05, 0) is 19.2 Å². The molecule has 0 fully saturated rings. The van der Waals surface area contributed by atoms with Gasteiger partial charge in [0.1, 0.15) is 0 Å². The first kappa shape index (κ1) is 12.0. The molecule has 2 nitrogen and oxygen atoms in total. The van der Waals surface area contributed by atoms with E-state index in [2.05, 4.69) is 30.5 Å². The number of nitrogens with one attached hydrogen (secondary N) is 2. The van der Waals surface area contributed by atoms with E-state index in [1.54, 1.807) is 11.3 Å². The lowest BCUT2D eigenvalue weighted by Crippen LogP contribution is -2.32. The monoisotopic (exact) mass is 232 g/mol. The number of rotatable bonds is 5. The zero-order chi connectivity index (χ0) is 10.6. The van der Waals surface area contributed by atoms with Gasteiger partial charge in [-0.15, -0.1) is 11.3 Å². The van der Waals surface area contributed by atoms with Crippen molar-refractivity contribution in [1.29, 1.82) is 0 Å². The van der Waals surface area contributed by atoms with Gasteiger partial charge in [0.2, 0.25) is 0 Å². The number of likely N-dealkylation sites (N-methyl/N-ethyl adjacent to an activating group) is 1. The van der Waals surface area contributed by atoms with Gasteiger partial charge < -0.3 is 10.6 Å². The van der Waals surface area contributed by atoms with Crippen LogP contribution in [0.1, 0.15) is 24.8 Å². The van der Waals surface area contributed by atoms with Crippen LogP contribution in [0.5, 0.6) is 0 Å². The van der Waals surface area contributed by atoms with Gasteiger partial charge in [0, 0.05) is 17.5 Å². The van der Waals surface area contributed by atoms with Gasteiger partial charge >= 0.3 is 0 Å². The van der Waals surface area contributed by atoms with Crippen molar-refractivity contribution in [3.05, 3.63) is 21.3 Å². The molecule has 0 amide bonds. The topological polar surface area (TPSA) is 24.1 Å². The molecule has 2 N–H and O–H groups in total. The van der Waals surface area contributed by atoms with Crippen LogP contribution in [-0.4, -0.2) is 19.6 Å². The Morgan fingerprint density at radius 1 is 1.43 bits per heavy atom. The molecule has 1 aromatic rings. The molecule has 0 radical (unpaired) electrons. The van der Waals surface area contributed by atoms with Gasteiger partial charge in [-0.3, -0.25) is 0 Å². The maximum Gasteiger partial charge on any atom is 0.0931 e. The number of hydrogen-bond donors (Lipinski definition) is 2. The van der Waals surface area contributed by atoms with E-state index in [1.807, 2.05) is 13.1 Å². The van der Waals surface area contributed by atoms with Crippen molar-refractivity contribution < 1.29 is 0 Å². The van der Waals surface area contributed by atoms with Crippen LogP contribution in [0, 0.1) is 0 Å². The summed E-state index contributed by atoms with van der Waals surface area (Å²) in [6, 6.07) is 4.90. The first-order valence-electron chi connectivity index (χ1n) is 4.79. The summed E-state index contributed by atoms with van der Waals surface area (Å²) < 4.78 is 0.852. The number of thiophene rings is 1. The van der Waals surface area contributed by atoms with E-state index in [1.165, 1.54) is 4.88 Å². The Morgan fingerprint density at radius 3 is 2.57 bits per heavy atom. The largest absolute Gasteiger partial charge is 0.313 e. The van der Waals surface area contributed by atoms with Gasteiger partial charge in [0.05, 0.1) is 10.4 Å². The summed E-state index contributed by atoms with van der Waals surface area (Å²) in [5.41, 5.74) is 0. The Balaban J connectivity index is 2.54. The SMILES string of the molecule is CNC(CNC(C)C)c1ccc(Cl)s1. The quantitative estimate of drug-likeness (QED) is 0.816. The molecule has 4 heteroatoms. The Morgan fingerprint density at radius 2 is 2.14 bits per heavy atom. The lowest BCUT2D eigenvalue weighted by molar-refractivity contribution is 0.496. The molecule has 80 valence electrons. The molecule has 0 spiro atoms. The van der Waals surface area contributed by atoms with Crippen LogP contribution in [0.2, 0.25) is 4.34 Å². The van der Waals surface area contributed by atoms with E-state index in [0.717, 1.165) is 10.9 Å². The molecule has 0 saturated carbocycles. The zero-order valence-electron chi connectivity index (χ0n) is 8.80. The smallest absolute Gasteiger partial charge is 0.0931 e. The predicted octanol–water partition coefficient (Wildman–Crippen LogP) is 2.66. The Labute approximate surface area is 94.7 Å². The summed E-state index contributed by atoms with van der Waals surface area (Å²) in [6.07, 6.45) is 0. The molecule has 14 heavy (non-hydrogen) atoms. The molecule has 1 unspecified atom stereocenters. The fourth-order valence-corrected chi connectivity index (χ4v) is 2.39. The third-order valence-corrected chi connectivity index (χ3v) is 3.36. The third kappa shape index (κ3) is 3.58. The Kier molecular flexibility index (Phi) is 4.89. The zero-order valence-corrected chi connectivity index (χ0v) is 10.4. The maximum atomic E-state index is 5.89. The van der Waals surface area contributed by atoms with Crippen molar-refractivity contribution in [1.82, 2.24) is 10.6 Å². The van der Waals surface area contributed by atoms with Gasteiger partial charge in [0.15, 0.2) is 0 Å². The Hall–Kier alpha value is -0.0900. The highest BCUT2D eigenvalue weighted by Crippen LogP contribution is 2.26. The van der Waals surface area contributed by atoms with E-state index < -0.39 is 0 Å². The summed E-state index contributed by atoms with van der Waals surface area (Å²) in [4.78, 5) is 1.28. The summed E-state index contributed by atoms with van der Waals surface area (Å²) in [6.45, 7) is 5.23. The molecule has 1 aromatic heterocycles. The van der Waals surface area contributed by atoms with Crippen LogP contribution in [0.3, 0.4) is 0 Å². The summed E-state index contributed by atoms with van der Waals surface area (Å²) >= 11 is 7.53. The predicted molar refractivity (Wildman–Crippen MR) is 64.3 cm³/mol. The third-order valence-electron chi connectivity index (χ3n) is 2.02. The van der Waals surface area contributed by atoms with Crippen molar-refractivity contribution in [3.8, 4) is 0 Å². The van der Waals surface area contributed by atoms with Gasteiger partial charge in [-0.1, -0.05) is 25.4 Å². The maximum absolute atomic E-state index is 5.89. The molecule has 0 aliphatic carbocycles. The first-order chi connectivity index (χ1) is 6.63. The molecule has 0 aromatic carbocycles. The molecule has 0 aliphatic rings. The molecule has 1 rings (SSSR count). The van der Waals surface area contributed by atoms with Crippen molar-refractivity contribution in [2.24, 2.45) is 0 Å². The van der Waals surface area contributed by atoms with E-state index >= 15 is 0 Å². The minimum atomic E-state index is 0.356. The highest BCUT2D eigenvalue weighted by Gasteiger charge is 2.11. The van der Waals surface area contributed by atoms with E-state index in [4.69, 9.17) is 11.6 Å². The van der Waals surface area contributed by atoms with Crippen LogP contribution in [-0.2, 0) is 0 Å². The standard InChI is InChI=1S/C10H17ClN2S/c1-7(2)13-6-8(12-3)9-4-5-10(11)14-9/h4-5,7-8,12-13H,6H2,1-3H3. The number of hydrogen-bond acceptors (Lipinski definition) is 3. The Bertz CT molecular complexity index is 273. The lowest BCUT2D eigenvalue weighted by atomic mass is 10.2. The second kappa shape index (κ2) is 5.71. The molecule has 1 atom stereocenters. The van der Waals surface area contributed by atoms with Gasteiger partial charge in [0.25, 0.3) is 0 Å². The molecule has 0 aliphatic heterocycles. The van der Waals surface area contributed by atoms with E-state index in [-0.39, 0.29) is 0 Å². The summed E-state index contributed by atoms with van der Waals surface area (Å²) in [5, 5.41) is 6.68. The van der Waals surface area contributed by atoms with Crippen LogP contribution < -0.4 is 10.6 Å². The van der Waals surface area contributed by atoms with Crippen molar-refractivity contribution in [3.63, 3.8) is 0 Å². The minimum absolute atomic E-state index is 0.356. The number of halogens is 1. The van der Waals surface area contributed by atoms with Crippen molar-refractivity contribution in [2.75, 3.05) is 13.6 Å². The second-order valence-electron chi connectivity index (χ2n) is 3.55. The van der Waals surface area contributed by atoms with Crippen LogP contribution >= 0.6 is 22.9 Å². The molecule has 0 bridgehead atoms. The normalized spacial score (nSPS) is 13.5. The molecular weight excluding hydrogens is 216 g/mol. The van der Waals surface area contributed by atoms with Crippen LogP contribution in [0.25, 0.3) is 0 Å². The average Bonchev–Trinajstić information content (AvgIpc) is 2.53. The minimum Gasteiger partial charge on any atom is -0.313 e. The van der Waals surface area contributed by atoms with Gasteiger partial charge in [-0.2, -0.15) is 0 Å². The highest BCUT2D eigenvalue weighted by molar-refractivity contribution is 7.16. The average molecular weight is 233 g/mol. The fourth-order valence-electron chi connectivity index (χ4n) is 1.21. The fraction of sp³-hybridized carbons (Fsp3) is 0.600. The molecular formula is C10H17ClN2S. The molecule has 1 heterocycles. The molecule has 0 saturated heterocycles. The lowest BCUT2D eigenvalue weighted by Gasteiger charge is -2.17. The van der Waals surface area contributed by atoms with Gasteiger partial charge in [-0.25, -0.2) is 0 Å². The van der Waals surface area contributed by atoms with Crippen LogP contribution in [0.4, 0.5) is 0 Å². The first-order valence-corrected chi connectivity index (χ1v) is 5.98. The second-order valence-corrected chi connectivity index (χ2v) is 5.29. The van der Waals surface area contributed by atoms with Crippen LogP contribution in [0.15, 0.2) is 12.1 Å². The van der Waals surface area contributed by atoms with E-state index in [9.17, 15) is 0 Å². The summed E-state index contributed by atoms with van der Waals surface area (Å²) in [5.74, 6) is 0.